The lowest BCUT2D eigenvalue weighted by Gasteiger charge is -2.38. The van der Waals surface area contributed by atoms with Crippen molar-refractivity contribution < 1.29 is 38.1 Å². The van der Waals surface area contributed by atoms with E-state index >= 15 is 0 Å². The van der Waals surface area contributed by atoms with Crippen molar-refractivity contribution in [2.24, 2.45) is 0 Å². The number of nitrogens with zero attached hydrogens (tertiary/aromatic N) is 2. The van der Waals surface area contributed by atoms with Crippen molar-refractivity contribution in [3.05, 3.63) is 83.3 Å². The quantitative estimate of drug-likeness (QED) is 0.438. The maximum absolute atomic E-state index is 13.4. The first-order chi connectivity index (χ1) is 21.4. The van der Waals surface area contributed by atoms with Crippen LogP contribution in [0.25, 0.3) is 0 Å². The average Bonchev–Trinajstić information content (AvgIpc) is 3.50. The monoisotopic (exact) mass is 605 g/mol. The molecule has 0 saturated carbocycles. The summed E-state index contributed by atoms with van der Waals surface area (Å²) >= 11 is 0. The van der Waals surface area contributed by atoms with E-state index in [2.05, 4.69) is 5.32 Å². The van der Waals surface area contributed by atoms with Crippen LogP contribution in [0.15, 0.2) is 65.1 Å². The summed E-state index contributed by atoms with van der Waals surface area (Å²) in [6.45, 7) is 1.15. The number of carbonyl (C=O) groups is 3. The molecule has 3 aliphatic rings. The lowest BCUT2D eigenvalue weighted by molar-refractivity contribution is -0.137. The van der Waals surface area contributed by atoms with Crippen molar-refractivity contribution >= 4 is 17.7 Å². The van der Waals surface area contributed by atoms with E-state index in [0.717, 1.165) is 11.1 Å². The summed E-state index contributed by atoms with van der Waals surface area (Å²) in [6.07, 6.45) is 1.17. The molecular formula is C33H39N3O8. The number of fused-ring (bicyclic) bond motifs is 9. The number of likely N-dealkylation sites (tertiary alicyclic amines) is 1. The van der Waals surface area contributed by atoms with Gasteiger partial charge in [-0.1, -0.05) is 24.3 Å². The summed E-state index contributed by atoms with van der Waals surface area (Å²) in [6, 6.07) is 18.0. The van der Waals surface area contributed by atoms with Crippen LogP contribution in [0.5, 0.6) is 11.5 Å². The van der Waals surface area contributed by atoms with Gasteiger partial charge in [0.2, 0.25) is 11.8 Å². The molecule has 0 spiro atoms. The number of nitrogens with one attached hydrogen (secondary N) is 1. The fourth-order valence-electron chi connectivity index (χ4n) is 5.47. The summed E-state index contributed by atoms with van der Waals surface area (Å²) in [7, 11) is 1.55. The number of carbonyl (C=O) groups excluding carboxylic acids is 3. The number of furan rings is 1. The van der Waals surface area contributed by atoms with E-state index in [-0.39, 0.29) is 75.5 Å². The van der Waals surface area contributed by atoms with E-state index in [1.807, 2.05) is 48.5 Å². The van der Waals surface area contributed by atoms with Gasteiger partial charge in [0.25, 0.3) is 5.91 Å². The number of aliphatic hydroxyl groups excluding tert-OH is 1. The fourth-order valence-corrected chi connectivity index (χ4v) is 5.47. The molecule has 44 heavy (non-hydrogen) atoms. The second kappa shape index (κ2) is 15.0. The Bertz CT molecular complexity index is 1420. The number of piperidine rings is 1. The number of hydrogen-bond donors (Lipinski definition) is 2. The Hall–Kier alpha value is -4.19. The molecular weight excluding hydrogens is 566 g/mol. The van der Waals surface area contributed by atoms with Gasteiger partial charge in [0.05, 0.1) is 25.3 Å². The van der Waals surface area contributed by atoms with Crippen molar-refractivity contribution in [3.63, 3.8) is 0 Å². The van der Waals surface area contributed by atoms with E-state index < -0.39 is 6.04 Å². The van der Waals surface area contributed by atoms with Gasteiger partial charge in [-0.25, -0.2) is 0 Å². The van der Waals surface area contributed by atoms with Gasteiger partial charge in [0.1, 0.15) is 23.9 Å². The van der Waals surface area contributed by atoms with Crippen LogP contribution in [-0.4, -0.2) is 84.7 Å². The number of amides is 3. The zero-order valence-corrected chi connectivity index (χ0v) is 24.9. The molecule has 4 heterocycles. The summed E-state index contributed by atoms with van der Waals surface area (Å²) in [4.78, 5) is 43.0. The molecule has 1 saturated heterocycles. The molecule has 4 bridgehead atoms. The van der Waals surface area contributed by atoms with Crippen LogP contribution in [0.4, 0.5) is 0 Å². The van der Waals surface area contributed by atoms with Gasteiger partial charge in [-0.2, -0.15) is 0 Å². The highest BCUT2D eigenvalue weighted by Gasteiger charge is 2.35. The van der Waals surface area contributed by atoms with Crippen LogP contribution in [-0.2, 0) is 38.7 Å². The standard InChI is InChI=1S/C33H39N3O8/c1-41-22-27-11-12-30(44-27)33(40)36-16-14-29-28(19-36)34-31(38)20-35(15-3-17-37)32(39)13-8-23-6-9-25(10-7-23)43-26-5-2-4-24(18-26)21-42-29/h2,4-7,9-12,18,28-29,37H,3,8,13-17,19-22H2,1H3,(H,34,38)/t28-,29-/m0/s1. The maximum atomic E-state index is 13.4. The summed E-state index contributed by atoms with van der Waals surface area (Å²) in [5.74, 6) is 1.27. The molecule has 0 radical (unpaired) electrons. The highest BCUT2D eigenvalue weighted by Crippen LogP contribution is 2.25. The second-order valence-corrected chi connectivity index (χ2v) is 11.0. The molecule has 1 fully saturated rings. The lowest BCUT2D eigenvalue weighted by atomic mass is 10.0. The number of aliphatic hydroxyl groups is 1. The minimum Gasteiger partial charge on any atom is -0.457 e. The Balaban J connectivity index is 1.37. The summed E-state index contributed by atoms with van der Waals surface area (Å²) < 4.78 is 23.2. The molecule has 0 unspecified atom stereocenters. The van der Waals surface area contributed by atoms with E-state index in [1.54, 1.807) is 24.1 Å². The predicted molar refractivity (Wildman–Crippen MR) is 160 cm³/mol. The smallest absolute Gasteiger partial charge is 0.289 e. The van der Waals surface area contributed by atoms with Gasteiger partial charge in [-0.15, -0.1) is 0 Å². The zero-order valence-electron chi connectivity index (χ0n) is 24.9. The van der Waals surface area contributed by atoms with Gasteiger partial charge >= 0.3 is 0 Å². The second-order valence-electron chi connectivity index (χ2n) is 11.0. The number of benzene rings is 2. The van der Waals surface area contributed by atoms with Gasteiger partial charge in [0.15, 0.2) is 5.76 Å². The van der Waals surface area contributed by atoms with E-state index in [4.69, 9.17) is 18.6 Å². The zero-order chi connectivity index (χ0) is 30.9. The molecule has 11 nitrogen and oxygen atoms in total. The van der Waals surface area contributed by atoms with E-state index in [9.17, 15) is 19.5 Å². The Kier molecular flexibility index (Phi) is 10.7. The average molecular weight is 606 g/mol. The maximum Gasteiger partial charge on any atom is 0.289 e. The summed E-state index contributed by atoms with van der Waals surface area (Å²) in [5.41, 5.74) is 1.88. The number of hydrogen-bond acceptors (Lipinski definition) is 8. The first-order valence-corrected chi connectivity index (χ1v) is 14.9. The predicted octanol–water partition coefficient (Wildman–Crippen LogP) is 3.29. The van der Waals surface area contributed by atoms with Crippen molar-refractivity contribution in [3.8, 4) is 11.5 Å². The SMILES string of the molecule is COCc1ccc(C(=O)N2CC[C@@H]3OCc4cccc(c4)Oc4ccc(cc4)CCC(=O)N(CCCO)CC(=O)N[C@H]3C2)o1. The van der Waals surface area contributed by atoms with E-state index in [1.165, 1.54) is 4.90 Å². The Morgan fingerprint density at radius 1 is 1.05 bits per heavy atom. The third-order valence-corrected chi connectivity index (χ3v) is 7.76. The normalized spacial score (nSPS) is 19.8. The number of aryl methyl sites for hydroxylation is 1. The highest BCUT2D eigenvalue weighted by molar-refractivity contribution is 5.91. The van der Waals surface area contributed by atoms with Crippen LogP contribution in [0.1, 0.15) is 46.7 Å². The number of ether oxygens (including phenoxy) is 3. The first kappa shape index (κ1) is 31.2. The molecule has 6 rings (SSSR count). The van der Waals surface area contributed by atoms with Crippen LogP contribution in [0, 0.1) is 0 Å². The number of rotatable bonds is 6. The minimum absolute atomic E-state index is 0.0952. The number of methoxy groups -OCH3 is 1. The van der Waals surface area contributed by atoms with Crippen molar-refractivity contribution in [2.45, 2.75) is 51.0 Å². The summed E-state index contributed by atoms with van der Waals surface area (Å²) in [5, 5.41) is 12.4. The third-order valence-electron chi connectivity index (χ3n) is 7.76. The van der Waals surface area contributed by atoms with Gasteiger partial charge in [-0.05, 0) is 66.8 Å². The van der Waals surface area contributed by atoms with Crippen LogP contribution in [0.2, 0.25) is 0 Å². The Morgan fingerprint density at radius 2 is 1.89 bits per heavy atom. The Labute approximate surface area is 256 Å². The first-order valence-electron chi connectivity index (χ1n) is 14.9. The lowest BCUT2D eigenvalue weighted by Crippen LogP contribution is -2.58. The van der Waals surface area contributed by atoms with Crippen molar-refractivity contribution in [1.29, 1.82) is 0 Å². The van der Waals surface area contributed by atoms with E-state index in [0.29, 0.717) is 43.1 Å². The van der Waals surface area contributed by atoms with Crippen LogP contribution < -0.4 is 10.1 Å². The molecule has 3 amide bonds. The van der Waals surface area contributed by atoms with Gasteiger partial charge in [-0.3, -0.25) is 14.4 Å². The fraction of sp³-hybridized carbons (Fsp3) is 0.424. The molecule has 2 aromatic carbocycles. The molecule has 0 aliphatic carbocycles. The van der Waals surface area contributed by atoms with Crippen molar-refractivity contribution in [2.75, 3.05) is 39.9 Å². The molecule has 3 aromatic rings. The molecule has 3 aliphatic heterocycles. The van der Waals surface area contributed by atoms with Crippen LogP contribution >= 0.6 is 0 Å². The largest absolute Gasteiger partial charge is 0.457 e. The Morgan fingerprint density at radius 3 is 2.68 bits per heavy atom. The molecule has 1 aromatic heterocycles. The third kappa shape index (κ3) is 8.25. The van der Waals surface area contributed by atoms with Gasteiger partial charge in [0, 0.05) is 39.8 Å². The van der Waals surface area contributed by atoms with Crippen LogP contribution in [0.3, 0.4) is 0 Å². The van der Waals surface area contributed by atoms with Gasteiger partial charge < -0.3 is 38.9 Å². The minimum atomic E-state index is -0.528. The molecule has 11 heteroatoms. The topological polar surface area (TPSA) is 131 Å². The molecule has 234 valence electrons. The molecule has 2 N–H and O–H groups in total. The van der Waals surface area contributed by atoms with Crippen molar-refractivity contribution in [1.82, 2.24) is 15.1 Å². The highest BCUT2D eigenvalue weighted by atomic mass is 16.5. The molecule has 2 atom stereocenters.